The van der Waals surface area contributed by atoms with Crippen LogP contribution in [0, 0.1) is 0 Å². The number of carboxylic acid groups (broad SMARTS) is 1. The summed E-state index contributed by atoms with van der Waals surface area (Å²) in [6.07, 6.45) is -2.47. The largest absolute Gasteiger partial charge is 0.497 e. The molecule has 2 amide bonds. The van der Waals surface area contributed by atoms with Crippen LogP contribution in [0.4, 0.5) is 21.4 Å². The number of nitrogens with one attached hydrogen (secondary N) is 2. The highest BCUT2D eigenvalue weighted by Gasteiger charge is 2.24. The summed E-state index contributed by atoms with van der Waals surface area (Å²) >= 11 is 0. The summed E-state index contributed by atoms with van der Waals surface area (Å²) in [6, 6.07) is 6.83. The van der Waals surface area contributed by atoms with Gasteiger partial charge < -0.3 is 19.3 Å². The fourth-order valence-electron chi connectivity index (χ4n) is 3.43. The molecular weight excluding hydrogens is 524 g/mol. The Bertz CT molecular complexity index is 1490. The number of carbonyl (C=O) groups is 3. The highest BCUT2D eigenvalue weighted by molar-refractivity contribution is 5.95. The SMILES string of the molecule is COc1ccc(Cn2c(=O)c(CC(=O)O)nc3c(NC(=O)OC(C)(C)C)nc(NC(=O)OC(C)(C)C)nc32)cc1. The van der Waals surface area contributed by atoms with Crippen molar-refractivity contribution in [2.75, 3.05) is 17.7 Å². The van der Waals surface area contributed by atoms with E-state index in [-0.39, 0.29) is 35.2 Å². The summed E-state index contributed by atoms with van der Waals surface area (Å²) in [5, 5.41) is 14.3. The van der Waals surface area contributed by atoms with Gasteiger partial charge in [0, 0.05) is 0 Å². The maximum absolute atomic E-state index is 13.4. The number of rotatable bonds is 7. The lowest BCUT2D eigenvalue weighted by Crippen LogP contribution is -2.31. The molecule has 0 saturated carbocycles. The lowest BCUT2D eigenvalue weighted by Gasteiger charge is -2.21. The molecule has 14 heteroatoms. The molecule has 0 unspecified atom stereocenters. The van der Waals surface area contributed by atoms with Crippen molar-refractivity contribution in [3.63, 3.8) is 0 Å². The summed E-state index contributed by atoms with van der Waals surface area (Å²) in [6.45, 7) is 9.95. The minimum atomic E-state index is -1.29. The Kier molecular flexibility index (Phi) is 8.61. The first kappa shape index (κ1) is 29.8. The number of nitrogens with zero attached hydrogens (tertiary/aromatic N) is 4. The monoisotopic (exact) mass is 556 g/mol. The van der Waals surface area contributed by atoms with Crippen LogP contribution in [0.3, 0.4) is 0 Å². The molecule has 0 spiro atoms. The molecule has 2 aromatic heterocycles. The predicted molar refractivity (Wildman–Crippen MR) is 145 cm³/mol. The van der Waals surface area contributed by atoms with Gasteiger partial charge in [0.2, 0.25) is 5.95 Å². The summed E-state index contributed by atoms with van der Waals surface area (Å²) in [7, 11) is 1.52. The maximum Gasteiger partial charge on any atom is 0.414 e. The molecule has 214 valence electrons. The van der Waals surface area contributed by atoms with Gasteiger partial charge in [-0.3, -0.25) is 24.8 Å². The van der Waals surface area contributed by atoms with Crippen LogP contribution in [0.5, 0.6) is 5.75 Å². The van der Waals surface area contributed by atoms with E-state index in [1.165, 1.54) is 11.7 Å². The molecule has 3 N–H and O–H groups in total. The molecule has 0 radical (unpaired) electrons. The third-order valence-electron chi connectivity index (χ3n) is 4.91. The van der Waals surface area contributed by atoms with Crippen molar-refractivity contribution < 1.29 is 33.7 Å². The van der Waals surface area contributed by atoms with Crippen molar-refractivity contribution in [1.29, 1.82) is 0 Å². The number of benzene rings is 1. The first-order chi connectivity index (χ1) is 18.5. The Morgan fingerprint density at radius 1 is 0.900 bits per heavy atom. The standard InChI is InChI=1S/C26H32N6O8/c1-25(2,3)39-23(36)29-19-18-20(30-22(28-19)31-24(37)40-26(4,5)6)32(21(35)16(27-18)12-17(33)34)13-14-8-10-15(38-7)11-9-14/h8-11H,12-13H2,1-7H3,(H,33,34)(H2,28,29,30,31,36,37). The van der Waals surface area contributed by atoms with Gasteiger partial charge in [0.1, 0.15) is 28.2 Å². The van der Waals surface area contributed by atoms with Gasteiger partial charge >= 0.3 is 18.2 Å². The van der Waals surface area contributed by atoms with Crippen LogP contribution >= 0.6 is 0 Å². The van der Waals surface area contributed by atoms with Crippen LogP contribution in [-0.4, -0.2) is 61.1 Å². The molecule has 0 fully saturated rings. The first-order valence-corrected chi connectivity index (χ1v) is 12.2. The smallest absolute Gasteiger partial charge is 0.414 e. The van der Waals surface area contributed by atoms with Crippen molar-refractivity contribution >= 4 is 41.1 Å². The normalized spacial score (nSPS) is 11.6. The quantitative estimate of drug-likeness (QED) is 0.386. The molecule has 2 heterocycles. The molecular formula is C26H32N6O8. The number of methoxy groups -OCH3 is 1. The van der Waals surface area contributed by atoms with E-state index in [2.05, 4.69) is 25.6 Å². The molecule has 1 aromatic carbocycles. The molecule has 3 rings (SSSR count). The number of ether oxygens (including phenoxy) is 3. The van der Waals surface area contributed by atoms with Gasteiger partial charge in [-0.1, -0.05) is 12.1 Å². The van der Waals surface area contributed by atoms with Crippen LogP contribution in [0.15, 0.2) is 29.1 Å². The molecule has 0 aliphatic carbocycles. The number of carbonyl (C=O) groups excluding carboxylic acids is 2. The predicted octanol–water partition coefficient (Wildman–Crippen LogP) is 3.56. The van der Waals surface area contributed by atoms with Crippen molar-refractivity contribution in [2.45, 2.75) is 65.7 Å². The summed E-state index contributed by atoms with van der Waals surface area (Å²) in [4.78, 5) is 62.8. The second-order valence-electron chi connectivity index (χ2n) is 10.7. The molecule has 3 aromatic rings. The molecule has 0 aliphatic heterocycles. The third-order valence-corrected chi connectivity index (χ3v) is 4.91. The average Bonchev–Trinajstić information content (AvgIpc) is 2.80. The number of amides is 2. The van der Waals surface area contributed by atoms with Gasteiger partial charge in [0.05, 0.1) is 20.1 Å². The number of hydrogen-bond acceptors (Lipinski definition) is 10. The van der Waals surface area contributed by atoms with Gasteiger partial charge in [-0.25, -0.2) is 14.6 Å². The van der Waals surface area contributed by atoms with E-state index >= 15 is 0 Å². The highest BCUT2D eigenvalue weighted by atomic mass is 16.6. The molecule has 0 aliphatic rings. The maximum atomic E-state index is 13.4. The van der Waals surface area contributed by atoms with E-state index in [0.717, 1.165) is 0 Å². The van der Waals surface area contributed by atoms with E-state index in [4.69, 9.17) is 14.2 Å². The molecule has 0 atom stereocenters. The molecule has 0 saturated heterocycles. The Balaban J connectivity index is 2.24. The topological polar surface area (TPSA) is 184 Å². The van der Waals surface area contributed by atoms with Gasteiger partial charge in [0.15, 0.2) is 11.5 Å². The number of aliphatic carboxylic acids is 1. The van der Waals surface area contributed by atoms with E-state index in [1.807, 2.05) is 0 Å². The average molecular weight is 557 g/mol. The number of fused-ring (bicyclic) bond motifs is 1. The zero-order chi connectivity index (χ0) is 29.8. The number of hydrogen-bond donors (Lipinski definition) is 3. The Morgan fingerprint density at radius 2 is 1.48 bits per heavy atom. The van der Waals surface area contributed by atoms with Crippen LogP contribution in [-0.2, 0) is 27.2 Å². The van der Waals surface area contributed by atoms with Gasteiger partial charge in [-0.05, 0) is 59.2 Å². The van der Waals surface area contributed by atoms with E-state index in [0.29, 0.717) is 11.3 Å². The minimum Gasteiger partial charge on any atom is -0.497 e. The number of aromatic nitrogens is 4. The van der Waals surface area contributed by atoms with Gasteiger partial charge in [0.25, 0.3) is 5.56 Å². The fraction of sp³-hybridized carbons (Fsp3) is 0.423. The van der Waals surface area contributed by atoms with Crippen LogP contribution in [0.1, 0.15) is 52.8 Å². The Labute approximate surface area is 229 Å². The van der Waals surface area contributed by atoms with Crippen LogP contribution in [0.2, 0.25) is 0 Å². The number of carboxylic acids is 1. The molecule has 14 nitrogen and oxygen atoms in total. The zero-order valence-corrected chi connectivity index (χ0v) is 23.3. The summed E-state index contributed by atoms with van der Waals surface area (Å²) < 4.78 is 17.0. The van der Waals surface area contributed by atoms with E-state index in [1.54, 1.807) is 65.8 Å². The molecule has 0 bridgehead atoms. The summed E-state index contributed by atoms with van der Waals surface area (Å²) in [5.74, 6) is -1.22. The first-order valence-electron chi connectivity index (χ1n) is 12.2. The van der Waals surface area contributed by atoms with Crippen molar-refractivity contribution in [3.05, 3.63) is 45.9 Å². The lowest BCUT2D eigenvalue weighted by atomic mass is 10.2. The number of anilines is 2. The van der Waals surface area contributed by atoms with Crippen LogP contribution in [0.25, 0.3) is 11.2 Å². The second kappa shape index (κ2) is 11.6. The van der Waals surface area contributed by atoms with Gasteiger partial charge in [-0.15, -0.1) is 0 Å². The summed E-state index contributed by atoms with van der Waals surface area (Å²) in [5.41, 5.74) is -2.25. The Morgan fingerprint density at radius 3 is 2.00 bits per heavy atom. The second-order valence-corrected chi connectivity index (χ2v) is 10.7. The minimum absolute atomic E-state index is 0.0523. The molecule has 40 heavy (non-hydrogen) atoms. The van der Waals surface area contributed by atoms with E-state index < -0.39 is 41.3 Å². The van der Waals surface area contributed by atoms with Crippen molar-refractivity contribution in [2.24, 2.45) is 0 Å². The zero-order valence-electron chi connectivity index (χ0n) is 23.3. The van der Waals surface area contributed by atoms with Crippen molar-refractivity contribution in [1.82, 2.24) is 19.5 Å². The third kappa shape index (κ3) is 8.12. The van der Waals surface area contributed by atoms with Gasteiger partial charge in [-0.2, -0.15) is 9.97 Å². The van der Waals surface area contributed by atoms with Crippen molar-refractivity contribution in [3.8, 4) is 5.75 Å². The fourth-order valence-corrected chi connectivity index (χ4v) is 3.43. The lowest BCUT2D eigenvalue weighted by molar-refractivity contribution is -0.136. The Hall–Kier alpha value is -4.75. The highest BCUT2D eigenvalue weighted by Crippen LogP contribution is 2.23. The van der Waals surface area contributed by atoms with E-state index in [9.17, 15) is 24.3 Å². The van der Waals surface area contributed by atoms with Crippen LogP contribution < -0.4 is 20.9 Å².